The van der Waals surface area contributed by atoms with Gasteiger partial charge in [0.25, 0.3) is 0 Å². The molecule has 2 N–H and O–H groups in total. The van der Waals surface area contributed by atoms with Gasteiger partial charge in [-0.15, -0.1) is 0 Å². The van der Waals surface area contributed by atoms with E-state index in [4.69, 9.17) is 5.73 Å². The van der Waals surface area contributed by atoms with Crippen molar-refractivity contribution >= 4 is 0 Å². The summed E-state index contributed by atoms with van der Waals surface area (Å²) in [6.07, 6.45) is 10.6. The number of rotatable bonds is 9. The van der Waals surface area contributed by atoms with Gasteiger partial charge in [0, 0.05) is 6.04 Å². The summed E-state index contributed by atoms with van der Waals surface area (Å²) in [5, 5.41) is 0. The van der Waals surface area contributed by atoms with Crippen LogP contribution >= 0.6 is 0 Å². The Morgan fingerprint density at radius 1 is 0.857 bits per heavy atom. The number of hydrogen-bond acceptors (Lipinski definition) is 1. The zero-order chi connectivity index (χ0) is 10.8. The van der Waals surface area contributed by atoms with Gasteiger partial charge in [-0.05, 0) is 18.8 Å². The molecule has 1 nitrogen and oxygen atoms in total. The lowest BCUT2D eigenvalue weighted by atomic mass is 10.0. The summed E-state index contributed by atoms with van der Waals surface area (Å²) in [4.78, 5) is 0. The third kappa shape index (κ3) is 10.0. The first-order valence-corrected chi connectivity index (χ1v) is 6.42. The molecule has 0 aliphatic rings. The lowest BCUT2D eigenvalue weighted by Gasteiger charge is -2.09. The minimum atomic E-state index is 0.463. The molecular formula is C13H29N. The molecule has 1 atom stereocenters. The highest BCUT2D eigenvalue weighted by molar-refractivity contribution is 4.60. The van der Waals surface area contributed by atoms with Gasteiger partial charge in [-0.1, -0.05) is 59.3 Å². The first-order chi connectivity index (χ1) is 6.66. The van der Waals surface area contributed by atoms with Crippen LogP contribution in [0.25, 0.3) is 0 Å². The normalized spacial score (nSPS) is 13.5. The summed E-state index contributed by atoms with van der Waals surface area (Å²) in [5.41, 5.74) is 5.95. The van der Waals surface area contributed by atoms with Crippen molar-refractivity contribution in [1.29, 1.82) is 0 Å². The minimum absolute atomic E-state index is 0.463. The van der Waals surface area contributed by atoms with Crippen molar-refractivity contribution in [3.8, 4) is 0 Å². The molecule has 0 saturated heterocycles. The van der Waals surface area contributed by atoms with E-state index < -0.39 is 0 Å². The Labute approximate surface area is 90.5 Å². The summed E-state index contributed by atoms with van der Waals surface area (Å²) in [7, 11) is 0. The van der Waals surface area contributed by atoms with E-state index in [1.165, 1.54) is 51.4 Å². The number of unbranched alkanes of at least 4 members (excludes halogenated alkanes) is 3. The maximum Gasteiger partial charge on any atom is 0.00387 e. The second kappa shape index (κ2) is 9.51. The summed E-state index contributed by atoms with van der Waals surface area (Å²) in [6.45, 7) is 6.82. The molecule has 0 aliphatic carbocycles. The second-order valence-electron chi connectivity index (χ2n) is 4.93. The maximum atomic E-state index is 5.95. The Bertz CT molecular complexity index is 110. The van der Waals surface area contributed by atoms with Crippen LogP contribution in [0.5, 0.6) is 0 Å². The van der Waals surface area contributed by atoms with E-state index in [0.29, 0.717) is 6.04 Å². The van der Waals surface area contributed by atoms with Crippen molar-refractivity contribution in [2.45, 2.75) is 78.2 Å². The highest BCUT2D eigenvalue weighted by Crippen LogP contribution is 2.12. The van der Waals surface area contributed by atoms with Crippen LogP contribution in [0.3, 0.4) is 0 Å². The molecule has 0 aromatic carbocycles. The van der Waals surface area contributed by atoms with Crippen molar-refractivity contribution in [3.63, 3.8) is 0 Å². The van der Waals surface area contributed by atoms with Crippen molar-refractivity contribution in [1.82, 2.24) is 0 Å². The Hall–Kier alpha value is -0.0400. The highest BCUT2D eigenvalue weighted by atomic mass is 14.6. The molecule has 0 aromatic rings. The van der Waals surface area contributed by atoms with Gasteiger partial charge < -0.3 is 5.73 Å². The molecule has 86 valence electrons. The van der Waals surface area contributed by atoms with Gasteiger partial charge in [0.15, 0.2) is 0 Å². The summed E-state index contributed by atoms with van der Waals surface area (Å²) in [5.74, 6) is 0.873. The second-order valence-corrected chi connectivity index (χ2v) is 4.93. The minimum Gasteiger partial charge on any atom is -0.328 e. The van der Waals surface area contributed by atoms with Crippen LogP contribution in [0.2, 0.25) is 0 Å². The third-order valence-electron chi connectivity index (χ3n) is 2.77. The monoisotopic (exact) mass is 199 g/mol. The largest absolute Gasteiger partial charge is 0.328 e. The van der Waals surface area contributed by atoms with Gasteiger partial charge in [0.2, 0.25) is 0 Å². The van der Waals surface area contributed by atoms with Gasteiger partial charge in [-0.25, -0.2) is 0 Å². The topological polar surface area (TPSA) is 26.0 Å². The van der Waals surface area contributed by atoms with Gasteiger partial charge >= 0.3 is 0 Å². The smallest absolute Gasteiger partial charge is 0.00387 e. The molecule has 14 heavy (non-hydrogen) atoms. The van der Waals surface area contributed by atoms with Crippen LogP contribution in [-0.4, -0.2) is 6.04 Å². The highest BCUT2D eigenvalue weighted by Gasteiger charge is 2.00. The van der Waals surface area contributed by atoms with Crippen LogP contribution in [-0.2, 0) is 0 Å². The standard InChI is InChI=1S/C13H29N/c1-4-9-13(14)11-8-6-5-7-10-12(2)3/h12-13H,4-11,14H2,1-3H3. The SMILES string of the molecule is CCCC(N)CCCCCCC(C)C. The fourth-order valence-electron chi connectivity index (χ4n) is 1.83. The van der Waals surface area contributed by atoms with Crippen LogP contribution < -0.4 is 5.73 Å². The van der Waals surface area contributed by atoms with Crippen LogP contribution in [0.4, 0.5) is 0 Å². The van der Waals surface area contributed by atoms with E-state index >= 15 is 0 Å². The van der Waals surface area contributed by atoms with Crippen molar-refractivity contribution < 1.29 is 0 Å². The fourth-order valence-corrected chi connectivity index (χ4v) is 1.83. The van der Waals surface area contributed by atoms with Crippen molar-refractivity contribution in [2.24, 2.45) is 11.7 Å². The average molecular weight is 199 g/mol. The maximum absolute atomic E-state index is 5.95. The van der Waals surface area contributed by atoms with Crippen LogP contribution in [0.1, 0.15) is 72.1 Å². The van der Waals surface area contributed by atoms with E-state index in [2.05, 4.69) is 20.8 Å². The Kier molecular flexibility index (Phi) is 9.49. The Morgan fingerprint density at radius 3 is 1.93 bits per heavy atom. The van der Waals surface area contributed by atoms with Gasteiger partial charge in [-0.3, -0.25) is 0 Å². The first kappa shape index (κ1) is 14.0. The molecule has 1 unspecified atom stereocenters. The number of nitrogens with two attached hydrogens (primary N) is 1. The molecule has 0 aromatic heterocycles. The van der Waals surface area contributed by atoms with E-state index in [9.17, 15) is 0 Å². The molecule has 0 aliphatic heterocycles. The molecular weight excluding hydrogens is 170 g/mol. The van der Waals surface area contributed by atoms with Gasteiger partial charge in [0.05, 0.1) is 0 Å². The predicted molar refractivity (Wildman–Crippen MR) is 65.4 cm³/mol. The number of hydrogen-bond donors (Lipinski definition) is 1. The molecule has 1 heteroatoms. The molecule has 0 fully saturated rings. The fraction of sp³-hybridized carbons (Fsp3) is 1.00. The van der Waals surface area contributed by atoms with Gasteiger partial charge in [-0.2, -0.15) is 0 Å². The average Bonchev–Trinajstić information content (AvgIpc) is 2.11. The molecule has 0 radical (unpaired) electrons. The zero-order valence-corrected chi connectivity index (χ0v) is 10.4. The lowest BCUT2D eigenvalue weighted by molar-refractivity contribution is 0.487. The molecule has 0 spiro atoms. The van der Waals surface area contributed by atoms with E-state index in [-0.39, 0.29) is 0 Å². The molecule has 0 saturated carbocycles. The quantitative estimate of drug-likeness (QED) is 0.556. The predicted octanol–water partition coefficient (Wildman–Crippen LogP) is 4.11. The summed E-state index contributed by atoms with van der Waals surface area (Å²) < 4.78 is 0. The molecule has 0 amide bonds. The summed E-state index contributed by atoms with van der Waals surface area (Å²) in [6, 6.07) is 0.463. The Balaban J connectivity index is 3.05. The van der Waals surface area contributed by atoms with Gasteiger partial charge in [0.1, 0.15) is 0 Å². The van der Waals surface area contributed by atoms with E-state index in [0.717, 1.165) is 5.92 Å². The lowest BCUT2D eigenvalue weighted by Crippen LogP contribution is -2.18. The zero-order valence-electron chi connectivity index (χ0n) is 10.4. The molecule has 0 bridgehead atoms. The molecule has 0 rings (SSSR count). The third-order valence-corrected chi connectivity index (χ3v) is 2.77. The first-order valence-electron chi connectivity index (χ1n) is 6.42. The van der Waals surface area contributed by atoms with E-state index in [1.807, 2.05) is 0 Å². The van der Waals surface area contributed by atoms with Crippen molar-refractivity contribution in [3.05, 3.63) is 0 Å². The van der Waals surface area contributed by atoms with Crippen LogP contribution in [0, 0.1) is 5.92 Å². The summed E-state index contributed by atoms with van der Waals surface area (Å²) >= 11 is 0. The van der Waals surface area contributed by atoms with E-state index in [1.54, 1.807) is 0 Å². The Morgan fingerprint density at radius 2 is 1.43 bits per heavy atom. The van der Waals surface area contributed by atoms with Crippen molar-refractivity contribution in [2.75, 3.05) is 0 Å². The molecule has 0 heterocycles. The van der Waals surface area contributed by atoms with Crippen LogP contribution in [0.15, 0.2) is 0 Å².